The Morgan fingerprint density at radius 3 is 2.89 bits per heavy atom. The molecule has 0 aliphatic rings. The van der Waals surface area contributed by atoms with Gasteiger partial charge in [0.15, 0.2) is 0 Å². The van der Waals surface area contributed by atoms with Gasteiger partial charge in [-0.05, 0) is 30.5 Å². The van der Waals surface area contributed by atoms with Gasteiger partial charge in [-0.15, -0.1) is 0 Å². The number of nitrogens with zero attached hydrogens (tertiary/aromatic N) is 3. The number of aryl methyl sites for hydroxylation is 2. The van der Waals surface area contributed by atoms with Crippen LogP contribution in [-0.2, 0) is 13.0 Å². The van der Waals surface area contributed by atoms with Crippen molar-refractivity contribution >= 4 is 0 Å². The van der Waals surface area contributed by atoms with E-state index in [-0.39, 0.29) is 6.04 Å². The van der Waals surface area contributed by atoms with Crippen LogP contribution in [0, 0.1) is 0 Å². The number of rotatable bonds is 5. The lowest BCUT2D eigenvalue weighted by atomic mass is 10.0. The standard InChI is InChI=1S/C13H19N5/c1-3-10-9-15-6-5-11(10)12(17-14)13-16-7-8-18(13)4-2/h5-9,12,17H,3-4,14H2,1-2H3. The van der Waals surface area contributed by atoms with Crippen molar-refractivity contribution in [1.29, 1.82) is 0 Å². The van der Waals surface area contributed by atoms with Gasteiger partial charge in [0.05, 0.1) is 0 Å². The Balaban J connectivity index is 2.45. The first-order chi connectivity index (χ1) is 8.81. The molecule has 18 heavy (non-hydrogen) atoms. The van der Waals surface area contributed by atoms with Gasteiger partial charge in [-0.3, -0.25) is 10.8 Å². The zero-order chi connectivity index (χ0) is 13.0. The average Bonchev–Trinajstić information content (AvgIpc) is 2.88. The van der Waals surface area contributed by atoms with Crippen molar-refractivity contribution < 1.29 is 0 Å². The second-order valence-corrected chi connectivity index (χ2v) is 4.10. The number of imidazole rings is 1. The first kappa shape index (κ1) is 12.7. The second-order valence-electron chi connectivity index (χ2n) is 4.10. The second kappa shape index (κ2) is 5.75. The molecule has 0 spiro atoms. The van der Waals surface area contributed by atoms with Crippen molar-refractivity contribution in [3.05, 3.63) is 47.8 Å². The van der Waals surface area contributed by atoms with Crippen LogP contribution in [0.1, 0.15) is 36.8 Å². The lowest BCUT2D eigenvalue weighted by molar-refractivity contribution is 0.557. The number of aromatic nitrogens is 3. The molecule has 0 saturated carbocycles. The summed E-state index contributed by atoms with van der Waals surface area (Å²) in [4.78, 5) is 8.57. The van der Waals surface area contributed by atoms with E-state index in [1.54, 1.807) is 12.4 Å². The summed E-state index contributed by atoms with van der Waals surface area (Å²) in [5.74, 6) is 6.65. The Hall–Kier alpha value is -1.72. The van der Waals surface area contributed by atoms with Gasteiger partial charge in [0.1, 0.15) is 11.9 Å². The van der Waals surface area contributed by atoms with E-state index in [0.717, 1.165) is 24.4 Å². The highest BCUT2D eigenvalue weighted by atomic mass is 15.3. The molecule has 96 valence electrons. The maximum Gasteiger partial charge on any atom is 0.131 e. The molecule has 1 unspecified atom stereocenters. The van der Waals surface area contributed by atoms with Crippen molar-refractivity contribution in [3.8, 4) is 0 Å². The van der Waals surface area contributed by atoms with Gasteiger partial charge in [0.2, 0.25) is 0 Å². The van der Waals surface area contributed by atoms with Crippen LogP contribution in [0.15, 0.2) is 30.9 Å². The summed E-state index contributed by atoms with van der Waals surface area (Å²) >= 11 is 0. The molecule has 2 heterocycles. The minimum Gasteiger partial charge on any atom is -0.334 e. The van der Waals surface area contributed by atoms with Crippen molar-refractivity contribution in [2.45, 2.75) is 32.9 Å². The van der Waals surface area contributed by atoms with Crippen molar-refractivity contribution in [1.82, 2.24) is 20.0 Å². The molecule has 5 heteroatoms. The van der Waals surface area contributed by atoms with Gasteiger partial charge >= 0.3 is 0 Å². The molecular formula is C13H19N5. The molecule has 0 fully saturated rings. The summed E-state index contributed by atoms with van der Waals surface area (Å²) in [5.41, 5.74) is 5.18. The molecule has 0 saturated heterocycles. The average molecular weight is 245 g/mol. The Labute approximate surface area is 107 Å². The molecule has 0 bridgehead atoms. The number of nitrogens with one attached hydrogen (secondary N) is 1. The number of hydrogen-bond donors (Lipinski definition) is 2. The highest BCUT2D eigenvalue weighted by molar-refractivity contribution is 5.31. The number of pyridine rings is 1. The zero-order valence-electron chi connectivity index (χ0n) is 10.8. The van der Waals surface area contributed by atoms with Crippen LogP contribution in [0.5, 0.6) is 0 Å². The molecule has 2 rings (SSSR count). The van der Waals surface area contributed by atoms with E-state index in [9.17, 15) is 0 Å². The van der Waals surface area contributed by atoms with Crippen LogP contribution in [0.25, 0.3) is 0 Å². The summed E-state index contributed by atoms with van der Waals surface area (Å²) in [6.07, 6.45) is 8.37. The van der Waals surface area contributed by atoms with E-state index in [1.165, 1.54) is 5.56 Å². The van der Waals surface area contributed by atoms with Gasteiger partial charge in [-0.2, -0.15) is 0 Å². The van der Waals surface area contributed by atoms with Gasteiger partial charge in [0.25, 0.3) is 0 Å². The topological polar surface area (TPSA) is 68.8 Å². The highest BCUT2D eigenvalue weighted by Crippen LogP contribution is 2.23. The molecule has 0 aliphatic carbocycles. The minimum atomic E-state index is -0.0992. The van der Waals surface area contributed by atoms with E-state index in [4.69, 9.17) is 5.84 Å². The van der Waals surface area contributed by atoms with Crippen molar-refractivity contribution in [2.75, 3.05) is 0 Å². The maximum atomic E-state index is 5.72. The summed E-state index contributed by atoms with van der Waals surface area (Å²) in [6, 6.07) is 1.90. The van der Waals surface area contributed by atoms with Gasteiger partial charge in [-0.25, -0.2) is 10.4 Å². The van der Waals surface area contributed by atoms with Crippen LogP contribution in [0.2, 0.25) is 0 Å². The lowest BCUT2D eigenvalue weighted by Crippen LogP contribution is -2.31. The molecule has 2 aromatic heterocycles. The molecular weight excluding hydrogens is 226 g/mol. The number of hydrazine groups is 1. The predicted octanol–water partition coefficient (Wildman–Crippen LogP) is 1.41. The van der Waals surface area contributed by atoms with E-state index < -0.39 is 0 Å². The summed E-state index contributed by atoms with van der Waals surface area (Å²) in [7, 11) is 0. The Bertz CT molecular complexity index is 506. The molecule has 0 aliphatic heterocycles. The number of hydrogen-bond acceptors (Lipinski definition) is 4. The van der Waals surface area contributed by atoms with E-state index in [0.29, 0.717) is 0 Å². The third-order valence-corrected chi connectivity index (χ3v) is 3.15. The SMILES string of the molecule is CCc1cnccc1C(NN)c1nccn1CC. The normalized spacial score (nSPS) is 12.6. The molecule has 1 atom stereocenters. The van der Waals surface area contributed by atoms with Gasteiger partial charge in [-0.1, -0.05) is 6.92 Å². The molecule has 3 N–H and O–H groups in total. The van der Waals surface area contributed by atoms with Gasteiger partial charge in [0, 0.05) is 31.3 Å². The molecule has 5 nitrogen and oxygen atoms in total. The number of nitrogens with two attached hydrogens (primary N) is 1. The smallest absolute Gasteiger partial charge is 0.131 e. The summed E-state index contributed by atoms with van der Waals surface area (Å²) < 4.78 is 2.09. The minimum absolute atomic E-state index is 0.0992. The predicted molar refractivity (Wildman–Crippen MR) is 70.7 cm³/mol. The van der Waals surface area contributed by atoms with Crippen LogP contribution < -0.4 is 11.3 Å². The zero-order valence-corrected chi connectivity index (χ0v) is 10.8. The highest BCUT2D eigenvalue weighted by Gasteiger charge is 2.19. The van der Waals surface area contributed by atoms with Crippen LogP contribution in [0.4, 0.5) is 0 Å². The molecule has 2 aromatic rings. The van der Waals surface area contributed by atoms with E-state index in [2.05, 4.69) is 33.8 Å². The molecule has 0 amide bonds. The van der Waals surface area contributed by atoms with E-state index in [1.807, 2.05) is 18.5 Å². The Morgan fingerprint density at radius 2 is 2.22 bits per heavy atom. The lowest BCUT2D eigenvalue weighted by Gasteiger charge is -2.19. The van der Waals surface area contributed by atoms with Gasteiger partial charge < -0.3 is 4.57 Å². The Morgan fingerprint density at radius 1 is 1.39 bits per heavy atom. The fourth-order valence-electron chi connectivity index (χ4n) is 2.17. The molecule has 0 radical (unpaired) electrons. The van der Waals surface area contributed by atoms with Crippen molar-refractivity contribution in [3.63, 3.8) is 0 Å². The largest absolute Gasteiger partial charge is 0.334 e. The van der Waals surface area contributed by atoms with Crippen LogP contribution in [-0.4, -0.2) is 14.5 Å². The first-order valence-corrected chi connectivity index (χ1v) is 6.21. The third-order valence-electron chi connectivity index (χ3n) is 3.15. The van der Waals surface area contributed by atoms with Crippen LogP contribution in [0.3, 0.4) is 0 Å². The third kappa shape index (κ3) is 2.27. The van der Waals surface area contributed by atoms with E-state index >= 15 is 0 Å². The Kier molecular flexibility index (Phi) is 4.07. The quantitative estimate of drug-likeness (QED) is 0.617. The summed E-state index contributed by atoms with van der Waals surface area (Å²) in [5, 5.41) is 0. The van der Waals surface area contributed by atoms with Crippen LogP contribution >= 0.6 is 0 Å². The summed E-state index contributed by atoms with van der Waals surface area (Å²) in [6.45, 7) is 5.08. The monoisotopic (exact) mass is 245 g/mol. The fraction of sp³-hybridized carbons (Fsp3) is 0.385. The fourth-order valence-corrected chi connectivity index (χ4v) is 2.17. The maximum absolute atomic E-state index is 5.72. The molecule has 0 aromatic carbocycles. The first-order valence-electron chi connectivity index (χ1n) is 6.21. The van der Waals surface area contributed by atoms with Crippen molar-refractivity contribution in [2.24, 2.45) is 5.84 Å².